The van der Waals surface area contributed by atoms with Gasteiger partial charge in [-0.2, -0.15) is 0 Å². The number of benzene rings is 1. The van der Waals surface area contributed by atoms with Crippen LogP contribution in [0.25, 0.3) is 10.9 Å². The number of aromatic nitrogens is 1. The van der Waals surface area contributed by atoms with Gasteiger partial charge in [0.2, 0.25) is 0 Å². The predicted octanol–water partition coefficient (Wildman–Crippen LogP) is 3.89. The first-order valence-corrected chi connectivity index (χ1v) is 6.25. The van der Waals surface area contributed by atoms with Crippen molar-refractivity contribution >= 4 is 17.2 Å². The summed E-state index contributed by atoms with van der Waals surface area (Å²) >= 11 is 0. The number of hydrogen-bond acceptors (Lipinski definition) is 1. The summed E-state index contributed by atoms with van der Waals surface area (Å²) in [6.45, 7) is 5.53. The van der Waals surface area contributed by atoms with Gasteiger partial charge in [-0.25, -0.2) is 0 Å². The van der Waals surface area contributed by atoms with Crippen molar-refractivity contribution in [2.75, 3.05) is 0 Å². The minimum Gasteiger partial charge on any atom is -0.347 e. The van der Waals surface area contributed by atoms with E-state index in [1.807, 2.05) is 18.2 Å². The molecular weight excluding hydrogens is 210 g/mol. The maximum absolute atomic E-state index is 10.8. The van der Waals surface area contributed by atoms with Gasteiger partial charge in [0.15, 0.2) is 0 Å². The van der Waals surface area contributed by atoms with E-state index in [9.17, 15) is 4.79 Å². The van der Waals surface area contributed by atoms with E-state index < -0.39 is 0 Å². The Morgan fingerprint density at radius 3 is 2.82 bits per heavy atom. The van der Waals surface area contributed by atoms with Gasteiger partial charge in [-0.15, -0.1) is 0 Å². The molecule has 0 bridgehead atoms. The van der Waals surface area contributed by atoms with E-state index in [1.54, 1.807) is 0 Å². The first-order valence-electron chi connectivity index (χ1n) is 6.25. The highest BCUT2D eigenvalue weighted by molar-refractivity contribution is 5.87. The number of carbonyl (C=O) groups excluding carboxylic acids is 1. The van der Waals surface area contributed by atoms with E-state index >= 15 is 0 Å². The molecule has 2 aromatic rings. The van der Waals surface area contributed by atoms with Crippen molar-refractivity contribution in [1.82, 2.24) is 4.57 Å². The molecule has 2 nitrogen and oxygen atoms in total. The van der Waals surface area contributed by atoms with Crippen molar-refractivity contribution in [3.63, 3.8) is 0 Å². The minimum absolute atomic E-state index is 0.751. The zero-order valence-corrected chi connectivity index (χ0v) is 10.5. The Balaban J connectivity index is 2.19. The molecule has 0 aliphatic rings. The second kappa shape index (κ2) is 5.17. The topological polar surface area (TPSA) is 22.0 Å². The van der Waals surface area contributed by atoms with Gasteiger partial charge in [-0.3, -0.25) is 4.79 Å². The molecule has 0 radical (unpaired) electrons. The number of fused-ring (bicyclic) bond motifs is 1. The van der Waals surface area contributed by atoms with Gasteiger partial charge in [-0.1, -0.05) is 26.0 Å². The third-order valence-electron chi connectivity index (χ3n) is 3.11. The molecule has 90 valence electrons. The van der Waals surface area contributed by atoms with Crippen LogP contribution in [0.15, 0.2) is 30.5 Å². The molecule has 2 heteroatoms. The molecule has 1 heterocycles. The average Bonchev–Trinajstić information content (AvgIpc) is 2.71. The monoisotopic (exact) mass is 229 g/mol. The summed E-state index contributed by atoms with van der Waals surface area (Å²) in [5.41, 5.74) is 1.92. The molecule has 0 unspecified atom stereocenters. The van der Waals surface area contributed by atoms with Crippen molar-refractivity contribution < 1.29 is 4.79 Å². The van der Waals surface area contributed by atoms with Crippen LogP contribution in [0.2, 0.25) is 0 Å². The fourth-order valence-electron chi connectivity index (χ4n) is 2.14. The summed E-state index contributed by atoms with van der Waals surface area (Å²) in [6.07, 6.45) is 5.45. The molecular formula is C15H19NO. The summed E-state index contributed by atoms with van der Waals surface area (Å²) in [6, 6.07) is 7.96. The van der Waals surface area contributed by atoms with Crippen molar-refractivity contribution in [2.24, 2.45) is 5.92 Å². The van der Waals surface area contributed by atoms with Crippen molar-refractivity contribution in [1.29, 1.82) is 0 Å². The SMILES string of the molecule is CC(C)CCCn1ccc2ccc(C=O)cc21. The average molecular weight is 229 g/mol. The Labute approximate surface area is 102 Å². The molecule has 1 aromatic carbocycles. The second-order valence-corrected chi connectivity index (χ2v) is 4.98. The number of nitrogens with zero attached hydrogens (tertiary/aromatic N) is 1. The normalized spacial score (nSPS) is 11.2. The van der Waals surface area contributed by atoms with Crippen molar-refractivity contribution in [3.05, 3.63) is 36.0 Å². The Kier molecular flexibility index (Phi) is 3.62. The van der Waals surface area contributed by atoms with Crippen LogP contribution < -0.4 is 0 Å². The molecule has 17 heavy (non-hydrogen) atoms. The van der Waals surface area contributed by atoms with E-state index in [0.717, 1.165) is 24.3 Å². The molecule has 0 spiro atoms. The van der Waals surface area contributed by atoms with Crippen molar-refractivity contribution in [3.8, 4) is 0 Å². The summed E-state index contributed by atoms with van der Waals surface area (Å²) < 4.78 is 2.24. The lowest BCUT2D eigenvalue weighted by Crippen LogP contribution is -1.98. The zero-order valence-electron chi connectivity index (χ0n) is 10.5. The lowest BCUT2D eigenvalue weighted by Gasteiger charge is -2.07. The maximum Gasteiger partial charge on any atom is 0.150 e. The van der Waals surface area contributed by atoms with Crippen molar-refractivity contribution in [2.45, 2.75) is 33.2 Å². The Bertz CT molecular complexity index is 511. The van der Waals surface area contributed by atoms with E-state index in [2.05, 4.69) is 30.7 Å². The molecule has 0 saturated heterocycles. The van der Waals surface area contributed by atoms with Gasteiger partial charge in [0.05, 0.1) is 0 Å². The molecule has 0 aliphatic heterocycles. The van der Waals surface area contributed by atoms with E-state index in [4.69, 9.17) is 0 Å². The van der Waals surface area contributed by atoms with Gasteiger partial charge in [-0.05, 0) is 36.3 Å². The fourth-order valence-corrected chi connectivity index (χ4v) is 2.14. The maximum atomic E-state index is 10.8. The van der Waals surface area contributed by atoms with Gasteiger partial charge < -0.3 is 4.57 Å². The molecule has 0 saturated carbocycles. The summed E-state index contributed by atoms with van der Waals surface area (Å²) in [5, 5.41) is 1.21. The first-order chi connectivity index (χ1) is 8.20. The van der Waals surface area contributed by atoms with Crippen LogP contribution in [0.1, 0.15) is 37.0 Å². The molecule has 2 rings (SSSR count). The Morgan fingerprint density at radius 2 is 2.12 bits per heavy atom. The van der Waals surface area contributed by atoms with Crippen LogP contribution in [-0.2, 0) is 6.54 Å². The largest absolute Gasteiger partial charge is 0.347 e. The van der Waals surface area contributed by atoms with E-state index in [-0.39, 0.29) is 0 Å². The highest BCUT2D eigenvalue weighted by Gasteiger charge is 2.02. The van der Waals surface area contributed by atoms with Crippen LogP contribution in [0, 0.1) is 5.92 Å². The van der Waals surface area contributed by atoms with Crippen LogP contribution in [0.3, 0.4) is 0 Å². The second-order valence-electron chi connectivity index (χ2n) is 4.98. The van der Waals surface area contributed by atoms with Gasteiger partial charge in [0.25, 0.3) is 0 Å². The molecule has 0 fully saturated rings. The molecule has 0 N–H and O–H groups in total. The predicted molar refractivity (Wildman–Crippen MR) is 71.4 cm³/mol. The van der Waals surface area contributed by atoms with Gasteiger partial charge >= 0.3 is 0 Å². The highest BCUT2D eigenvalue weighted by atomic mass is 16.1. The molecule has 0 amide bonds. The highest BCUT2D eigenvalue weighted by Crippen LogP contribution is 2.18. The lowest BCUT2D eigenvalue weighted by atomic mass is 10.1. The zero-order chi connectivity index (χ0) is 12.3. The lowest BCUT2D eigenvalue weighted by molar-refractivity contribution is 0.112. The number of rotatable bonds is 5. The molecule has 0 aliphatic carbocycles. The first kappa shape index (κ1) is 11.9. The van der Waals surface area contributed by atoms with Crippen LogP contribution in [-0.4, -0.2) is 10.9 Å². The third-order valence-corrected chi connectivity index (χ3v) is 3.11. The smallest absolute Gasteiger partial charge is 0.150 e. The Morgan fingerprint density at radius 1 is 1.29 bits per heavy atom. The van der Waals surface area contributed by atoms with E-state index in [1.165, 1.54) is 23.7 Å². The molecule has 1 aromatic heterocycles. The van der Waals surface area contributed by atoms with Crippen LogP contribution >= 0.6 is 0 Å². The summed E-state index contributed by atoms with van der Waals surface area (Å²) in [5.74, 6) is 0.752. The number of hydrogen-bond donors (Lipinski definition) is 0. The van der Waals surface area contributed by atoms with E-state index in [0.29, 0.717) is 0 Å². The standard InChI is InChI=1S/C15H19NO/c1-12(2)4-3-8-16-9-7-14-6-5-13(11-17)10-15(14)16/h5-7,9-12H,3-4,8H2,1-2H3. The van der Waals surface area contributed by atoms with Gasteiger partial charge in [0.1, 0.15) is 6.29 Å². The number of carbonyl (C=O) groups is 1. The van der Waals surface area contributed by atoms with Crippen LogP contribution in [0.4, 0.5) is 0 Å². The number of aryl methyl sites for hydroxylation is 1. The third kappa shape index (κ3) is 2.76. The summed E-state index contributed by atoms with van der Waals surface area (Å²) in [4.78, 5) is 10.8. The Hall–Kier alpha value is -1.57. The molecule has 0 atom stereocenters. The van der Waals surface area contributed by atoms with Crippen LogP contribution in [0.5, 0.6) is 0 Å². The number of aldehydes is 1. The fraction of sp³-hybridized carbons (Fsp3) is 0.400. The quantitative estimate of drug-likeness (QED) is 0.713. The minimum atomic E-state index is 0.751. The van der Waals surface area contributed by atoms with Gasteiger partial charge in [0, 0.05) is 23.8 Å². The summed E-state index contributed by atoms with van der Waals surface area (Å²) in [7, 11) is 0.